The van der Waals surface area contributed by atoms with E-state index in [9.17, 15) is 9.59 Å². The van der Waals surface area contributed by atoms with Gasteiger partial charge in [0.15, 0.2) is 0 Å². The molecule has 0 unspecified atom stereocenters. The van der Waals surface area contributed by atoms with Crippen molar-refractivity contribution in [2.45, 2.75) is 32.9 Å². The quantitative estimate of drug-likeness (QED) is 0.176. The van der Waals surface area contributed by atoms with Crippen LogP contribution in [0.1, 0.15) is 36.8 Å². The average Bonchev–Trinajstić information content (AvgIpc) is 3.39. The Morgan fingerprint density at radius 3 is 2.43 bits per heavy atom. The number of pyridine rings is 1. The smallest absolute Gasteiger partial charge is 0.407 e. The van der Waals surface area contributed by atoms with Crippen LogP contribution < -0.4 is 16.0 Å². The summed E-state index contributed by atoms with van der Waals surface area (Å²) < 4.78 is 11.4. The Hall–Kier alpha value is -5.77. The van der Waals surface area contributed by atoms with Crippen LogP contribution >= 0.6 is 0 Å². The number of carbonyl (C=O) groups is 2. The Labute approximate surface area is 253 Å². The van der Waals surface area contributed by atoms with Crippen molar-refractivity contribution in [1.82, 2.24) is 20.3 Å². The summed E-state index contributed by atoms with van der Waals surface area (Å²) in [5.41, 5.74) is 4.93. The fourth-order valence-electron chi connectivity index (χ4n) is 4.70. The lowest BCUT2D eigenvalue weighted by Gasteiger charge is -2.19. The molecule has 0 bridgehead atoms. The minimum atomic E-state index is -0.596. The fraction of sp³-hybridized carbons (Fsp3) is 0.147. The first-order valence-electron chi connectivity index (χ1n) is 14.0. The van der Waals surface area contributed by atoms with E-state index in [2.05, 4.69) is 30.9 Å². The third-order valence-corrected chi connectivity index (χ3v) is 6.66. The number of nitrogens with zero attached hydrogens (tertiary/aromatic N) is 3. The Morgan fingerprint density at radius 2 is 1.61 bits per heavy atom. The number of carbonyl (C=O) groups excluding carboxylic acids is 2. The summed E-state index contributed by atoms with van der Waals surface area (Å²) in [5.74, 6) is 0.242. The molecule has 3 aromatic carbocycles. The van der Waals surface area contributed by atoms with Gasteiger partial charge in [-0.3, -0.25) is 9.78 Å². The molecule has 3 aromatic heterocycles. The third kappa shape index (κ3) is 6.49. The largest absolute Gasteiger partial charge is 0.455 e. The first-order valence-corrected chi connectivity index (χ1v) is 14.0. The van der Waals surface area contributed by atoms with Crippen LogP contribution in [-0.4, -0.2) is 32.6 Å². The maximum Gasteiger partial charge on any atom is 0.407 e. The molecule has 6 aromatic rings. The second kappa shape index (κ2) is 11.8. The van der Waals surface area contributed by atoms with Crippen LogP contribution in [0.25, 0.3) is 33.2 Å². The zero-order valence-electron chi connectivity index (χ0n) is 24.4. The highest BCUT2D eigenvalue weighted by atomic mass is 16.6. The van der Waals surface area contributed by atoms with E-state index in [-0.39, 0.29) is 18.1 Å². The van der Waals surface area contributed by atoms with Crippen LogP contribution in [0.5, 0.6) is 0 Å². The van der Waals surface area contributed by atoms with Gasteiger partial charge in [0.2, 0.25) is 0 Å². The number of alkyl carbamates (subject to hydrolysis) is 1. The van der Waals surface area contributed by atoms with E-state index in [4.69, 9.17) is 9.15 Å². The van der Waals surface area contributed by atoms with Gasteiger partial charge in [-0.25, -0.2) is 14.8 Å². The number of hydrogen-bond donors (Lipinski definition) is 3. The molecule has 0 fully saturated rings. The van der Waals surface area contributed by atoms with Gasteiger partial charge >= 0.3 is 6.09 Å². The first kappa shape index (κ1) is 28.4. The predicted molar refractivity (Wildman–Crippen MR) is 170 cm³/mol. The van der Waals surface area contributed by atoms with Crippen molar-refractivity contribution in [1.29, 1.82) is 0 Å². The lowest BCUT2D eigenvalue weighted by Crippen LogP contribution is -2.32. The zero-order valence-corrected chi connectivity index (χ0v) is 24.4. The van der Waals surface area contributed by atoms with Crippen LogP contribution in [0.2, 0.25) is 0 Å². The second-order valence-electron chi connectivity index (χ2n) is 11.1. The summed E-state index contributed by atoms with van der Waals surface area (Å²) in [6.07, 6.45) is 2.51. The molecule has 0 aliphatic heterocycles. The highest BCUT2D eigenvalue weighted by molar-refractivity contribution is 6.09. The van der Waals surface area contributed by atoms with Gasteiger partial charge in [0.1, 0.15) is 34.6 Å². The SMILES string of the molecule is CC(C)(C)OC(=O)NCc1ccnc(C(=O)Nc2ccc(Nc3cc(-c4cccc5c4oc4ccccc45)ncn3)cc2)c1. The molecule has 2 amide bonds. The highest BCUT2D eigenvalue weighted by Gasteiger charge is 2.17. The van der Waals surface area contributed by atoms with Crippen LogP contribution in [0.4, 0.5) is 22.0 Å². The number of para-hydroxylation sites is 2. The van der Waals surface area contributed by atoms with Gasteiger partial charge in [-0.2, -0.15) is 0 Å². The number of benzene rings is 3. The summed E-state index contributed by atoms with van der Waals surface area (Å²) in [6.45, 7) is 5.58. The van der Waals surface area contributed by atoms with Gasteiger partial charge in [-0.05, 0) is 74.9 Å². The number of nitrogens with one attached hydrogen (secondary N) is 3. The van der Waals surface area contributed by atoms with Crippen molar-refractivity contribution >= 4 is 51.1 Å². The van der Waals surface area contributed by atoms with Crippen LogP contribution in [-0.2, 0) is 11.3 Å². The summed E-state index contributed by atoms with van der Waals surface area (Å²) in [5, 5.41) is 10.9. The average molecular weight is 587 g/mol. The minimum Gasteiger partial charge on any atom is -0.455 e. The van der Waals surface area contributed by atoms with Gasteiger partial charge in [-0.1, -0.05) is 30.3 Å². The Bertz CT molecular complexity index is 1980. The molecule has 0 aliphatic rings. The van der Waals surface area contributed by atoms with Crippen molar-refractivity contribution < 1.29 is 18.7 Å². The first-order chi connectivity index (χ1) is 21.2. The van der Waals surface area contributed by atoms with Gasteiger partial charge in [0.25, 0.3) is 5.91 Å². The van der Waals surface area contributed by atoms with Crippen molar-refractivity contribution in [2.24, 2.45) is 0 Å². The zero-order chi connectivity index (χ0) is 30.7. The van der Waals surface area contributed by atoms with Crippen LogP contribution in [0.3, 0.4) is 0 Å². The van der Waals surface area contributed by atoms with E-state index in [0.717, 1.165) is 44.4 Å². The van der Waals surface area contributed by atoms with E-state index in [1.165, 1.54) is 12.5 Å². The van der Waals surface area contributed by atoms with Crippen molar-refractivity contribution in [2.75, 3.05) is 10.6 Å². The summed E-state index contributed by atoms with van der Waals surface area (Å²) in [4.78, 5) is 37.9. The van der Waals surface area contributed by atoms with Gasteiger partial charge in [0.05, 0.1) is 5.69 Å². The molecule has 0 aliphatic carbocycles. The molecule has 3 heterocycles. The molecule has 6 rings (SSSR count). The molecule has 0 radical (unpaired) electrons. The third-order valence-electron chi connectivity index (χ3n) is 6.66. The van der Waals surface area contributed by atoms with Crippen LogP contribution in [0.15, 0.2) is 102 Å². The lowest BCUT2D eigenvalue weighted by atomic mass is 10.1. The number of hydrogen-bond acceptors (Lipinski definition) is 8. The van der Waals surface area contributed by atoms with Gasteiger partial charge in [-0.15, -0.1) is 0 Å². The number of amides is 2. The fourth-order valence-corrected chi connectivity index (χ4v) is 4.70. The van der Waals surface area contributed by atoms with E-state index >= 15 is 0 Å². The van der Waals surface area contributed by atoms with Gasteiger partial charge < -0.3 is 25.1 Å². The predicted octanol–water partition coefficient (Wildman–Crippen LogP) is 7.46. The number of rotatable bonds is 7. The molecule has 0 saturated heterocycles. The molecule has 220 valence electrons. The number of anilines is 3. The normalized spacial score (nSPS) is 11.3. The molecule has 0 spiro atoms. The topological polar surface area (TPSA) is 131 Å². The second-order valence-corrected chi connectivity index (χ2v) is 11.1. The van der Waals surface area contributed by atoms with E-state index in [1.807, 2.05) is 60.7 Å². The van der Waals surface area contributed by atoms with E-state index in [0.29, 0.717) is 11.5 Å². The number of aromatic nitrogens is 3. The Balaban J connectivity index is 1.11. The summed E-state index contributed by atoms with van der Waals surface area (Å²) >= 11 is 0. The molecule has 3 N–H and O–H groups in total. The molecule has 10 nitrogen and oxygen atoms in total. The monoisotopic (exact) mass is 586 g/mol. The summed E-state index contributed by atoms with van der Waals surface area (Å²) in [7, 11) is 0. The molecule has 44 heavy (non-hydrogen) atoms. The number of furan rings is 1. The molecule has 0 atom stereocenters. The molecular weight excluding hydrogens is 556 g/mol. The minimum absolute atomic E-state index is 0.205. The molecular formula is C34H30N6O4. The Kier molecular flexibility index (Phi) is 7.63. The van der Waals surface area contributed by atoms with Gasteiger partial charge in [0, 0.05) is 46.5 Å². The van der Waals surface area contributed by atoms with Crippen molar-refractivity contribution in [3.05, 3.63) is 109 Å². The maximum atomic E-state index is 12.9. The van der Waals surface area contributed by atoms with E-state index < -0.39 is 11.7 Å². The van der Waals surface area contributed by atoms with Crippen LogP contribution in [0, 0.1) is 0 Å². The summed E-state index contributed by atoms with van der Waals surface area (Å²) in [6, 6.07) is 26.4. The molecule has 10 heteroatoms. The standard InChI is InChI=1S/C34H30N6O4/c1-34(2,3)44-33(42)36-19-21-15-16-35-28(17-21)32(41)40-23-13-11-22(12-14-23)39-30-18-27(37-20-38-30)26-9-6-8-25-24-7-4-5-10-29(24)43-31(25)26/h4-18,20H,19H2,1-3H3,(H,36,42)(H,40,41)(H,37,38,39). The maximum absolute atomic E-state index is 12.9. The number of ether oxygens (including phenoxy) is 1. The lowest BCUT2D eigenvalue weighted by molar-refractivity contribution is 0.0523. The van der Waals surface area contributed by atoms with E-state index in [1.54, 1.807) is 45.0 Å². The van der Waals surface area contributed by atoms with Crippen molar-refractivity contribution in [3.63, 3.8) is 0 Å². The Morgan fingerprint density at radius 1 is 0.841 bits per heavy atom. The van der Waals surface area contributed by atoms with Crippen molar-refractivity contribution in [3.8, 4) is 11.3 Å². The highest BCUT2D eigenvalue weighted by Crippen LogP contribution is 2.35. The number of fused-ring (bicyclic) bond motifs is 3. The molecule has 0 saturated carbocycles.